The van der Waals surface area contributed by atoms with Gasteiger partial charge in [0.1, 0.15) is 0 Å². The Hall–Kier alpha value is 0. The highest BCUT2D eigenvalue weighted by molar-refractivity contribution is 4.85. The molecule has 180 valence electrons. The van der Waals surface area contributed by atoms with Crippen LogP contribution in [0.3, 0.4) is 0 Å². The molecule has 1 aliphatic carbocycles. The van der Waals surface area contributed by atoms with E-state index < -0.39 is 0 Å². The van der Waals surface area contributed by atoms with Gasteiger partial charge >= 0.3 is 0 Å². The Morgan fingerprint density at radius 2 is 1.17 bits per heavy atom. The molecule has 0 heterocycles. The van der Waals surface area contributed by atoms with Crippen LogP contribution < -0.4 is 0 Å². The van der Waals surface area contributed by atoms with Crippen LogP contribution in [0.15, 0.2) is 0 Å². The maximum absolute atomic E-state index is 2.57. The van der Waals surface area contributed by atoms with Crippen LogP contribution in [0.4, 0.5) is 0 Å². The molecule has 0 nitrogen and oxygen atoms in total. The summed E-state index contributed by atoms with van der Waals surface area (Å²) in [7, 11) is 0. The minimum atomic E-state index is 0.835. The van der Waals surface area contributed by atoms with E-state index in [-0.39, 0.29) is 0 Å². The molecule has 6 unspecified atom stereocenters. The molecular weight excluding hydrogens is 360 g/mol. The van der Waals surface area contributed by atoms with Gasteiger partial charge in [-0.2, -0.15) is 0 Å². The van der Waals surface area contributed by atoms with Crippen LogP contribution in [0.1, 0.15) is 151 Å². The van der Waals surface area contributed by atoms with Crippen molar-refractivity contribution in [2.24, 2.45) is 41.4 Å². The van der Waals surface area contributed by atoms with E-state index in [0.29, 0.717) is 0 Å². The molecule has 0 spiro atoms. The average Bonchev–Trinajstić information content (AvgIpc) is 3.06. The van der Waals surface area contributed by atoms with E-state index in [1.54, 1.807) is 6.42 Å². The summed E-state index contributed by atoms with van der Waals surface area (Å²) in [5.41, 5.74) is 0. The van der Waals surface area contributed by atoms with E-state index in [1.165, 1.54) is 96.3 Å². The van der Waals surface area contributed by atoms with Gasteiger partial charge in [-0.15, -0.1) is 0 Å². The Labute approximate surface area is 192 Å². The Morgan fingerprint density at radius 1 is 0.567 bits per heavy atom. The molecule has 0 saturated heterocycles. The first-order chi connectivity index (χ1) is 14.5. The minimum Gasteiger partial charge on any atom is -0.0654 e. The summed E-state index contributed by atoms with van der Waals surface area (Å²) in [4.78, 5) is 0. The van der Waals surface area contributed by atoms with Crippen LogP contribution in [0.2, 0.25) is 0 Å². The predicted octanol–water partition coefficient (Wildman–Crippen LogP) is 10.7. The number of hydrogen-bond donors (Lipinski definition) is 0. The molecule has 0 aliphatic heterocycles. The standard InChI is InChI=1S/C30H60/c1-8-11-12-13-14-15-20-28-23-22-27(18-10-3)29(28)21-16-19-26(7)30(24(4)5)25(6)17-9-2/h24-30H,8-23H2,1-7H3. The van der Waals surface area contributed by atoms with Crippen molar-refractivity contribution in [1.82, 2.24) is 0 Å². The van der Waals surface area contributed by atoms with Crippen LogP contribution in [-0.4, -0.2) is 0 Å². The zero-order valence-electron chi connectivity index (χ0n) is 22.4. The van der Waals surface area contributed by atoms with E-state index in [9.17, 15) is 0 Å². The van der Waals surface area contributed by atoms with Gasteiger partial charge in [-0.1, -0.05) is 132 Å². The Kier molecular flexibility index (Phi) is 15.5. The summed E-state index contributed by atoms with van der Waals surface area (Å²) in [6.45, 7) is 17.1. The molecular formula is C30H60. The summed E-state index contributed by atoms with van der Waals surface area (Å²) in [6, 6.07) is 0. The van der Waals surface area contributed by atoms with Crippen LogP contribution >= 0.6 is 0 Å². The average molecular weight is 421 g/mol. The SMILES string of the molecule is CCCCCCCCC1CCC(CCC)C1CCCC(C)C(C(C)C)C(C)CCC. The second-order valence-electron chi connectivity index (χ2n) is 11.6. The first kappa shape index (κ1) is 28.0. The van der Waals surface area contributed by atoms with Gasteiger partial charge in [0.25, 0.3) is 0 Å². The second-order valence-corrected chi connectivity index (χ2v) is 11.6. The molecule has 1 rings (SSSR count). The highest BCUT2D eigenvalue weighted by atomic mass is 14.4. The number of hydrogen-bond acceptors (Lipinski definition) is 0. The molecule has 0 N–H and O–H groups in total. The van der Waals surface area contributed by atoms with Crippen molar-refractivity contribution in [3.8, 4) is 0 Å². The van der Waals surface area contributed by atoms with E-state index in [1.807, 2.05) is 0 Å². The van der Waals surface area contributed by atoms with Gasteiger partial charge in [0.2, 0.25) is 0 Å². The van der Waals surface area contributed by atoms with E-state index in [2.05, 4.69) is 48.5 Å². The zero-order valence-corrected chi connectivity index (χ0v) is 22.4. The Morgan fingerprint density at radius 3 is 1.77 bits per heavy atom. The van der Waals surface area contributed by atoms with Crippen molar-refractivity contribution >= 4 is 0 Å². The van der Waals surface area contributed by atoms with Crippen molar-refractivity contribution in [3.05, 3.63) is 0 Å². The molecule has 1 aliphatic rings. The Balaban J connectivity index is 2.49. The van der Waals surface area contributed by atoms with Crippen LogP contribution in [0.5, 0.6) is 0 Å². The number of unbranched alkanes of at least 4 members (excludes halogenated alkanes) is 5. The van der Waals surface area contributed by atoms with E-state index >= 15 is 0 Å². The van der Waals surface area contributed by atoms with Gasteiger partial charge in [0, 0.05) is 0 Å². The van der Waals surface area contributed by atoms with Crippen LogP contribution in [0, 0.1) is 41.4 Å². The smallest absolute Gasteiger partial charge is 0.0340 e. The van der Waals surface area contributed by atoms with E-state index in [4.69, 9.17) is 0 Å². The van der Waals surface area contributed by atoms with Crippen LogP contribution in [-0.2, 0) is 0 Å². The molecule has 6 atom stereocenters. The van der Waals surface area contributed by atoms with Crippen LogP contribution in [0.25, 0.3) is 0 Å². The quantitative estimate of drug-likeness (QED) is 0.193. The molecule has 0 aromatic rings. The summed E-state index contributed by atoms with van der Waals surface area (Å²) in [5, 5.41) is 0. The highest BCUT2D eigenvalue weighted by Gasteiger charge is 2.34. The molecule has 0 amide bonds. The molecule has 1 saturated carbocycles. The summed E-state index contributed by atoms with van der Waals surface area (Å²) in [6.07, 6.45) is 23.5. The zero-order chi connectivity index (χ0) is 22.4. The molecule has 1 fully saturated rings. The lowest BCUT2D eigenvalue weighted by molar-refractivity contribution is 0.161. The second kappa shape index (κ2) is 16.6. The van der Waals surface area contributed by atoms with Gasteiger partial charge in [-0.05, 0) is 60.7 Å². The fourth-order valence-corrected chi connectivity index (χ4v) is 7.38. The fourth-order valence-electron chi connectivity index (χ4n) is 7.38. The summed E-state index contributed by atoms with van der Waals surface area (Å²) >= 11 is 0. The lowest BCUT2D eigenvalue weighted by atomic mass is 9.72. The van der Waals surface area contributed by atoms with Gasteiger partial charge in [0.15, 0.2) is 0 Å². The molecule has 0 heteroatoms. The van der Waals surface area contributed by atoms with E-state index in [0.717, 1.165) is 41.4 Å². The van der Waals surface area contributed by atoms with Crippen molar-refractivity contribution in [2.45, 2.75) is 151 Å². The monoisotopic (exact) mass is 420 g/mol. The van der Waals surface area contributed by atoms with Crippen molar-refractivity contribution in [3.63, 3.8) is 0 Å². The molecule has 30 heavy (non-hydrogen) atoms. The maximum atomic E-state index is 2.57. The number of rotatable bonds is 18. The first-order valence-corrected chi connectivity index (χ1v) is 14.5. The normalized spacial score (nSPS) is 25.0. The first-order valence-electron chi connectivity index (χ1n) is 14.5. The molecule has 0 radical (unpaired) electrons. The third-order valence-corrected chi connectivity index (χ3v) is 8.73. The van der Waals surface area contributed by atoms with Gasteiger partial charge in [-0.25, -0.2) is 0 Å². The lowest BCUT2D eigenvalue weighted by Gasteiger charge is -2.34. The maximum Gasteiger partial charge on any atom is -0.0340 e. The summed E-state index contributed by atoms with van der Waals surface area (Å²) in [5.74, 6) is 6.70. The van der Waals surface area contributed by atoms with Gasteiger partial charge in [-0.3, -0.25) is 0 Å². The highest BCUT2D eigenvalue weighted by Crippen LogP contribution is 2.45. The summed E-state index contributed by atoms with van der Waals surface area (Å²) < 4.78 is 0. The minimum absolute atomic E-state index is 0.835. The third-order valence-electron chi connectivity index (χ3n) is 8.73. The van der Waals surface area contributed by atoms with Crippen molar-refractivity contribution in [1.29, 1.82) is 0 Å². The molecule has 0 aromatic heterocycles. The van der Waals surface area contributed by atoms with Gasteiger partial charge in [0.05, 0.1) is 0 Å². The molecule has 0 aromatic carbocycles. The predicted molar refractivity (Wildman–Crippen MR) is 138 cm³/mol. The third kappa shape index (κ3) is 10.1. The fraction of sp³-hybridized carbons (Fsp3) is 1.00. The topological polar surface area (TPSA) is 0 Å². The largest absolute Gasteiger partial charge is 0.0654 e. The molecule has 0 bridgehead atoms. The van der Waals surface area contributed by atoms with Gasteiger partial charge < -0.3 is 0 Å². The van der Waals surface area contributed by atoms with Crippen molar-refractivity contribution < 1.29 is 0 Å². The Bertz CT molecular complexity index is 383. The van der Waals surface area contributed by atoms with Crippen molar-refractivity contribution in [2.75, 3.05) is 0 Å². The lowest BCUT2D eigenvalue weighted by Crippen LogP contribution is -2.25.